The number of thioether (sulfide) groups is 1. The molecule has 0 atom stereocenters. The van der Waals surface area contributed by atoms with Crippen molar-refractivity contribution < 1.29 is 14.3 Å². The summed E-state index contributed by atoms with van der Waals surface area (Å²) in [5.74, 6) is 1.48. The van der Waals surface area contributed by atoms with E-state index >= 15 is 0 Å². The van der Waals surface area contributed by atoms with Gasteiger partial charge in [-0.3, -0.25) is 4.79 Å². The molecule has 0 unspecified atom stereocenters. The Morgan fingerprint density at radius 3 is 2.79 bits per heavy atom. The summed E-state index contributed by atoms with van der Waals surface area (Å²) in [6, 6.07) is 13.3. The minimum absolute atomic E-state index is 0.0216. The molecule has 0 saturated heterocycles. The second-order valence-corrected chi connectivity index (χ2v) is 7.54. The second-order valence-electron chi connectivity index (χ2n) is 6.60. The number of Topliss-reactive ketones (excluding diaryl/α,β-unsaturated/α-hetero) is 1. The second kappa shape index (κ2) is 7.36. The number of aryl methyl sites for hydroxylation is 1. The number of hydrogen-bond donors (Lipinski definition) is 0. The minimum Gasteiger partial charge on any atom is -0.486 e. The van der Waals surface area contributed by atoms with Crippen molar-refractivity contribution in [3.63, 3.8) is 0 Å². The molecule has 0 aliphatic carbocycles. The fraction of sp³-hybridized carbons (Fsp3) is 0.238. The number of aromatic nitrogens is 4. The standard InChI is InChI=1S/C21H18N4O3S/c1-2-25-15-6-4-3-5-14(15)19-20(25)22-21(24-23-19)29-12-16(26)13-7-8-17-18(11-13)28-10-9-27-17/h3-8,11H,2,9-10,12H2,1H3. The molecular weight excluding hydrogens is 388 g/mol. The highest BCUT2D eigenvalue weighted by molar-refractivity contribution is 7.99. The fourth-order valence-corrected chi connectivity index (χ4v) is 4.18. The van der Waals surface area contributed by atoms with Gasteiger partial charge < -0.3 is 14.0 Å². The molecule has 1 aliphatic heterocycles. The molecule has 0 amide bonds. The van der Waals surface area contributed by atoms with E-state index in [1.165, 1.54) is 11.8 Å². The summed E-state index contributed by atoms with van der Waals surface area (Å²) >= 11 is 1.29. The first-order chi connectivity index (χ1) is 14.2. The molecule has 0 bridgehead atoms. The topological polar surface area (TPSA) is 79.1 Å². The molecule has 8 heteroatoms. The Labute approximate surface area is 171 Å². The van der Waals surface area contributed by atoms with Crippen LogP contribution in [0.1, 0.15) is 17.3 Å². The van der Waals surface area contributed by atoms with Crippen LogP contribution >= 0.6 is 11.8 Å². The number of carbonyl (C=O) groups is 1. The maximum Gasteiger partial charge on any atom is 0.211 e. The van der Waals surface area contributed by atoms with Crippen molar-refractivity contribution in [3.8, 4) is 11.5 Å². The van der Waals surface area contributed by atoms with Gasteiger partial charge in [-0.1, -0.05) is 30.0 Å². The highest BCUT2D eigenvalue weighted by Gasteiger charge is 2.17. The molecule has 29 heavy (non-hydrogen) atoms. The summed E-state index contributed by atoms with van der Waals surface area (Å²) in [6.45, 7) is 3.87. The highest BCUT2D eigenvalue weighted by Crippen LogP contribution is 2.31. The van der Waals surface area contributed by atoms with E-state index in [1.807, 2.05) is 18.2 Å². The van der Waals surface area contributed by atoms with Crippen LogP contribution in [-0.2, 0) is 6.54 Å². The van der Waals surface area contributed by atoms with Gasteiger partial charge in [-0.15, -0.1) is 10.2 Å². The Kier molecular flexibility index (Phi) is 4.55. The molecule has 3 heterocycles. The number of rotatable bonds is 5. The summed E-state index contributed by atoms with van der Waals surface area (Å²) in [5.41, 5.74) is 3.24. The van der Waals surface area contributed by atoms with E-state index in [2.05, 4.69) is 32.7 Å². The maximum absolute atomic E-state index is 12.6. The van der Waals surface area contributed by atoms with Gasteiger partial charge in [0.2, 0.25) is 5.16 Å². The van der Waals surface area contributed by atoms with Crippen LogP contribution in [0.4, 0.5) is 0 Å². The fourth-order valence-electron chi connectivity index (χ4n) is 3.50. The SMILES string of the molecule is CCn1c2ccccc2c2nnc(SCC(=O)c3ccc4c(c3)OCCO4)nc21. The first kappa shape index (κ1) is 17.9. The molecule has 0 saturated carbocycles. The van der Waals surface area contributed by atoms with Gasteiger partial charge in [-0.2, -0.15) is 0 Å². The van der Waals surface area contributed by atoms with Gasteiger partial charge in [0, 0.05) is 17.5 Å². The van der Waals surface area contributed by atoms with Gasteiger partial charge in [0.25, 0.3) is 0 Å². The molecule has 2 aromatic heterocycles. The molecule has 0 N–H and O–H groups in total. The molecule has 146 valence electrons. The van der Waals surface area contributed by atoms with Gasteiger partial charge in [0.15, 0.2) is 22.9 Å². The number of nitrogens with zero attached hydrogens (tertiary/aromatic N) is 4. The Morgan fingerprint density at radius 1 is 1.10 bits per heavy atom. The van der Waals surface area contributed by atoms with Crippen molar-refractivity contribution in [2.75, 3.05) is 19.0 Å². The monoisotopic (exact) mass is 406 g/mol. The van der Waals surface area contributed by atoms with E-state index in [9.17, 15) is 4.79 Å². The first-order valence-corrected chi connectivity index (χ1v) is 10.4. The average Bonchev–Trinajstić information content (AvgIpc) is 3.10. The molecule has 0 spiro atoms. The molecule has 0 radical (unpaired) electrons. The van der Waals surface area contributed by atoms with Crippen LogP contribution in [0.3, 0.4) is 0 Å². The van der Waals surface area contributed by atoms with Crippen LogP contribution in [0.2, 0.25) is 0 Å². The summed E-state index contributed by atoms with van der Waals surface area (Å²) in [5, 5.41) is 10.1. The van der Waals surface area contributed by atoms with Crippen LogP contribution in [0.5, 0.6) is 11.5 Å². The van der Waals surface area contributed by atoms with E-state index < -0.39 is 0 Å². The number of hydrogen-bond acceptors (Lipinski definition) is 7. The smallest absolute Gasteiger partial charge is 0.211 e. The van der Waals surface area contributed by atoms with Gasteiger partial charge in [0.1, 0.15) is 18.7 Å². The van der Waals surface area contributed by atoms with Crippen LogP contribution < -0.4 is 9.47 Å². The van der Waals surface area contributed by atoms with Crippen LogP contribution in [-0.4, -0.2) is 44.5 Å². The average molecular weight is 406 g/mol. The summed E-state index contributed by atoms with van der Waals surface area (Å²) in [6.07, 6.45) is 0. The van der Waals surface area contributed by atoms with Gasteiger partial charge >= 0.3 is 0 Å². The van der Waals surface area contributed by atoms with Gasteiger partial charge in [-0.05, 0) is 31.2 Å². The van der Waals surface area contributed by atoms with Crippen LogP contribution in [0.25, 0.3) is 22.1 Å². The predicted octanol–water partition coefficient (Wildman–Crippen LogP) is 3.75. The zero-order valence-electron chi connectivity index (χ0n) is 15.8. The van der Waals surface area contributed by atoms with Gasteiger partial charge in [-0.25, -0.2) is 4.98 Å². The lowest BCUT2D eigenvalue weighted by Gasteiger charge is -2.18. The molecule has 0 fully saturated rings. The van der Waals surface area contributed by atoms with E-state index in [0.29, 0.717) is 35.4 Å². The van der Waals surface area contributed by atoms with E-state index in [0.717, 1.165) is 28.6 Å². The quantitative estimate of drug-likeness (QED) is 0.369. The van der Waals surface area contributed by atoms with Crippen molar-refractivity contribution in [2.45, 2.75) is 18.6 Å². The third kappa shape index (κ3) is 3.19. The molecule has 5 rings (SSSR count). The molecule has 4 aromatic rings. The molecule has 2 aromatic carbocycles. The number of para-hydroxylation sites is 1. The number of benzene rings is 2. The van der Waals surface area contributed by atoms with E-state index in [1.54, 1.807) is 18.2 Å². The predicted molar refractivity (Wildman–Crippen MR) is 111 cm³/mol. The lowest BCUT2D eigenvalue weighted by molar-refractivity contribution is 0.102. The molecular formula is C21H18N4O3S. The number of fused-ring (bicyclic) bond motifs is 4. The van der Waals surface area contributed by atoms with Crippen LogP contribution in [0, 0.1) is 0 Å². The molecule has 1 aliphatic rings. The lowest BCUT2D eigenvalue weighted by atomic mass is 10.1. The summed E-state index contributed by atoms with van der Waals surface area (Å²) in [4.78, 5) is 17.3. The summed E-state index contributed by atoms with van der Waals surface area (Å²) < 4.78 is 13.2. The van der Waals surface area contributed by atoms with Crippen molar-refractivity contribution in [3.05, 3.63) is 48.0 Å². The number of ether oxygens (including phenoxy) is 2. The Hall–Kier alpha value is -3.13. The lowest BCUT2D eigenvalue weighted by Crippen LogP contribution is -2.16. The highest BCUT2D eigenvalue weighted by atomic mass is 32.2. The normalized spacial score (nSPS) is 13.1. The Morgan fingerprint density at radius 2 is 1.93 bits per heavy atom. The zero-order chi connectivity index (χ0) is 19.8. The number of carbonyl (C=O) groups excluding carboxylic acids is 1. The summed E-state index contributed by atoms with van der Waals surface area (Å²) in [7, 11) is 0. The maximum atomic E-state index is 12.6. The third-order valence-corrected chi connectivity index (χ3v) is 5.70. The van der Waals surface area contributed by atoms with Gasteiger partial charge in [0.05, 0.1) is 11.3 Å². The zero-order valence-corrected chi connectivity index (χ0v) is 16.6. The van der Waals surface area contributed by atoms with Crippen molar-refractivity contribution in [1.29, 1.82) is 0 Å². The molecule has 7 nitrogen and oxygen atoms in total. The Bertz CT molecular complexity index is 1240. The van der Waals surface area contributed by atoms with E-state index in [4.69, 9.17) is 9.47 Å². The minimum atomic E-state index is -0.0216. The van der Waals surface area contributed by atoms with Crippen molar-refractivity contribution in [1.82, 2.24) is 19.7 Å². The largest absolute Gasteiger partial charge is 0.486 e. The Balaban J connectivity index is 1.39. The van der Waals surface area contributed by atoms with E-state index in [-0.39, 0.29) is 11.5 Å². The van der Waals surface area contributed by atoms with Crippen molar-refractivity contribution in [2.24, 2.45) is 0 Å². The van der Waals surface area contributed by atoms with Crippen LogP contribution in [0.15, 0.2) is 47.6 Å². The van der Waals surface area contributed by atoms with Crippen molar-refractivity contribution >= 4 is 39.6 Å². The number of ketones is 1. The first-order valence-electron chi connectivity index (χ1n) is 9.42. The third-order valence-electron chi connectivity index (χ3n) is 4.87.